The second-order valence-electron chi connectivity index (χ2n) is 5.59. The molecular formula is C20H19NO3. The molecule has 0 fully saturated rings. The van der Waals surface area contributed by atoms with Gasteiger partial charge in [0, 0.05) is 12.0 Å². The third kappa shape index (κ3) is 2.71. The minimum absolute atomic E-state index is 0.305. The van der Waals surface area contributed by atoms with Crippen molar-refractivity contribution in [3.63, 3.8) is 0 Å². The van der Waals surface area contributed by atoms with Gasteiger partial charge < -0.3 is 9.47 Å². The van der Waals surface area contributed by atoms with Crippen molar-refractivity contribution in [2.24, 2.45) is 4.99 Å². The van der Waals surface area contributed by atoms with E-state index in [9.17, 15) is 4.79 Å². The van der Waals surface area contributed by atoms with Crippen LogP contribution in [-0.4, -0.2) is 24.6 Å². The third-order valence-electron chi connectivity index (χ3n) is 4.08. The van der Waals surface area contributed by atoms with E-state index in [4.69, 9.17) is 14.5 Å². The fourth-order valence-corrected chi connectivity index (χ4v) is 2.95. The normalized spacial score (nSPS) is 22.4. The molecule has 0 aromatic heterocycles. The average molecular weight is 321 g/mol. The van der Waals surface area contributed by atoms with Crippen LogP contribution in [0.25, 0.3) is 0 Å². The third-order valence-corrected chi connectivity index (χ3v) is 4.08. The standard InChI is InChI=1S/C20H19NO3/c1-3-14-20(19(22)23-2)17(15-10-6-4-7-11-15)21-18(24-20)16-12-8-5-9-13-16/h3-13,17H,1,14H2,2H3/t17-,20-/m0/s1. The second kappa shape index (κ2) is 6.71. The summed E-state index contributed by atoms with van der Waals surface area (Å²) >= 11 is 0. The van der Waals surface area contributed by atoms with Gasteiger partial charge in [-0.3, -0.25) is 0 Å². The van der Waals surface area contributed by atoms with Crippen LogP contribution in [0.2, 0.25) is 0 Å². The van der Waals surface area contributed by atoms with Gasteiger partial charge >= 0.3 is 5.97 Å². The lowest BCUT2D eigenvalue weighted by atomic mass is 9.86. The highest BCUT2D eigenvalue weighted by molar-refractivity contribution is 5.99. The highest BCUT2D eigenvalue weighted by Crippen LogP contribution is 2.43. The Kier molecular flexibility index (Phi) is 4.47. The van der Waals surface area contributed by atoms with E-state index in [1.807, 2.05) is 60.7 Å². The van der Waals surface area contributed by atoms with Gasteiger partial charge in [-0.1, -0.05) is 54.6 Å². The van der Waals surface area contributed by atoms with Crippen molar-refractivity contribution >= 4 is 11.9 Å². The van der Waals surface area contributed by atoms with Crippen LogP contribution in [0.1, 0.15) is 23.6 Å². The van der Waals surface area contributed by atoms with Crippen molar-refractivity contribution in [2.75, 3.05) is 7.11 Å². The summed E-state index contributed by atoms with van der Waals surface area (Å²) in [5, 5.41) is 0. The van der Waals surface area contributed by atoms with Crippen LogP contribution >= 0.6 is 0 Å². The fourth-order valence-electron chi connectivity index (χ4n) is 2.95. The highest BCUT2D eigenvalue weighted by atomic mass is 16.6. The number of aliphatic imine (C=N–C) groups is 1. The summed E-state index contributed by atoms with van der Waals surface area (Å²) in [5.74, 6) is -0.0114. The second-order valence-corrected chi connectivity index (χ2v) is 5.59. The van der Waals surface area contributed by atoms with E-state index in [1.54, 1.807) is 6.08 Å². The van der Waals surface area contributed by atoms with E-state index in [0.717, 1.165) is 11.1 Å². The maximum Gasteiger partial charge on any atom is 0.353 e. The van der Waals surface area contributed by atoms with Crippen molar-refractivity contribution in [2.45, 2.75) is 18.1 Å². The first-order valence-electron chi connectivity index (χ1n) is 7.78. The molecule has 1 aliphatic heterocycles. The summed E-state index contributed by atoms with van der Waals surface area (Å²) < 4.78 is 11.1. The number of rotatable bonds is 5. The minimum Gasteiger partial charge on any atom is -0.466 e. The zero-order chi connectivity index (χ0) is 17.0. The van der Waals surface area contributed by atoms with E-state index in [0.29, 0.717) is 12.3 Å². The number of hydrogen-bond donors (Lipinski definition) is 0. The van der Waals surface area contributed by atoms with Crippen LogP contribution in [0.5, 0.6) is 0 Å². The molecule has 0 aliphatic carbocycles. The SMILES string of the molecule is C=CC[C@]1(C(=O)OC)OC(c2ccccc2)=N[C@H]1c1ccccc1. The van der Waals surface area contributed by atoms with Gasteiger partial charge in [-0.25, -0.2) is 9.79 Å². The maximum absolute atomic E-state index is 12.6. The number of methoxy groups -OCH3 is 1. The molecule has 122 valence electrons. The van der Waals surface area contributed by atoms with E-state index >= 15 is 0 Å². The van der Waals surface area contributed by atoms with E-state index in [-0.39, 0.29) is 0 Å². The summed E-state index contributed by atoms with van der Waals surface area (Å²) in [6, 6.07) is 18.7. The van der Waals surface area contributed by atoms with Gasteiger partial charge in [0.2, 0.25) is 11.5 Å². The largest absolute Gasteiger partial charge is 0.466 e. The molecular weight excluding hydrogens is 302 g/mol. The first-order valence-corrected chi connectivity index (χ1v) is 7.78. The summed E-state index contributed by atoms with van der Waals surface area (Å²) in [5.41, 5.74) is 0.493. The molecule has 0 saturated carbocycles. The molecule has 0 unspecified atom stereocenters. The van der Waals surface area contributed by atoms with Crippen LogP contribution in [0, 0.1) is 0 Å². The van der Waals surface area contributed by atoms with Gasteiger partial charge in [0.25, 0.3) is 0 Å². The number of esters is 1. The van der Waals surface area contributed by atoms with Crippen molar-refractivity contribution in [3.8, 4) is 0 Å². The molecule has 0 saturated heterocycles. The molecule has 1 heterocycles. The Hall–Kier alpha value is -2.88. The monoisotopic (exact) mass is 321 g/mol. The topological polar surface area (TPSA) is 47.9 Å². The number of benzene rings is 2. The molecule has 2 aromatic rings. The molecule has 2 atom stereocenters. The number of carbonyl (C=O) groups is 1. The fraction of sp³-hybridized carbons (Fsp3) is 0.200. The Labute approximate surface area is 141 Å². The summed E-state index contributed by atoms with van der Waals surface area (Å²) in [4.78, 5) is 17.3. The molecule has 0 amide bonds. The zero-order valence-electron chi connectivity index (χ0n) is 13.5. The van der Waals surface area contributed by atoms with Crippen molar-refractivity contribution < 1.29 is 14.3 Å². The van der Waals surface area contributed by atoms with Crippen molar-refractivity contribution in [1.82, 2.24) is 0 Å². The maximum atomic E-state index is 12.6. The first-order chi connectivity index (χ1) is 11.7. The number of nitrogens with zero attached hydrogens (tertiary/aromatic N) is 1. The van der Waals surface area contributed by atoms with Crippen LogP contribution in [-0.2, 0) is 14.3 Å². The van der Waals surface area contributed by atoms with Gasteiger partial charge in [-0.2, -0.15) is 0 Å². The predicted octanol–water partition coefficient (Wildman–Crippen LogP) is 3.69. The summed E-state index contributed by atoms with van der Waals surface area (Å²) in [6.07, 6.45) is 1.97. The zero-order valence-corrected chi connectivity index (χ0v) is 13.5. The Morgan fingerprint density at radius 3 is 2.42 bits per heavy atom. The molecule has 3 rings (SSSR count). The Morgan fingerprint density at radius 2 is 1.83 bits per heavy atom. The molecule has 4 heteroatoms. The van der Waals surface area contributed by atoms with Crippen molar-refractivity contribution in [1.29, 1.82) is 0 Å². The van der Waals surface area contributed by atoms with Crippen LogP contribution < -0.4 is 0 Å². The van der Waals surface area contributed by atoms with E-state index in [2.05, 4.69) is 6.58 Å². The summed E-state index contributed by atoms with van der Waals surface area (Å²) in [7, 11) is 1.36. The molecule has 0 spiro atoms. The molecule has 2 aromatic carbocycles. The lowest BCUT2D eigenvalue weighted by molar-refractivity contribution is -0.160. The highest BCUT2D eigenvalue weighted by Gasteiger charge is 2.54. The van der Waals surface area contributed by atoms with Gasteiger partial charge in [0.1, 0.15) is 6.04 Å². The predicted molar refractivity (Wildman–Crippen MR) is 92.8 cm³/mol. The van der Waals surface area contributed by atoms with E-state index in [1.165, 1.54) is 7.11 Å². The minimum atomic E-state index is -1.23. The Bertz CT molecular complexity index is 755. The quantitative estimate of drug-likeness (QED) is 0.623. The molecule has 1 aliphatic rings. The van der Waals surface area contributed by atoms with Gasteiger partial charge in [-0.05, 0) is 17.7 Å². The number of hydrogen-bond acceptors (Lipinski definition) is 4. The lowest BCUT2D eigenvalue weighted by Gasteiger charge is -2.30. The lowest BCUT2D eigenvalue weighted by Crippen LogP contribution is -2.44. The van der Waals surface area contributed by atoms with Crippen LogP contribution in [0.4, 0.5) is 0 Å². The van der Waals surface area contributed by atoms with Crippen LogP contribution in [0.15, 0.2) is 78.3 Å². The van der Waals surface area contributed by atoms with Crippen molar-refractivity contribution in [3.05, 3.63) is 84.4 Å². The Morgan fingerprint density at radius 1 is 1.21 bits per heavy atom. The number of ether oxygens (including phenoxy) is 2. The summed E-state index contributed by atoms with van der Waals surface area (Å²) in [6.45, 7) is 3.77. The average Bonchev–Trinajstić information content (AvgIpc) is 3.03. The molecule has 0 radical (unpaired) electrons. The Balaban J connectivity index is 2.11. The van der Waals surface area contributed by atoms with Gasteiger partial charge in [0.15, 0.2) is 0 Å². The van der Waals surface area contributed by atoms with Gasteiger partial charge in [0.05, 0.1) is 7.11 Å². The first kappa shape index (κ1) is 16.0. The molecule has 4 nitrogen and oxygen atoms in total. The molecule has 0 bridgehead atoms. The number of carbonyl (C=O) groups excluding carboxylic acids is 1. The molecule has 0 N–H and O–H groups in total. The van der Waals surface area contributed by atoms with Gasteiger partial charge in [-0.15, -0.1) is 6.58 Å². The molecule has 24 heavy (non-hydrogen) atoms. The smallest absolute Gasteiger partial charge is 0.353 e. The van der Waals surface area contributed by atoms with Crippen LogP contribution in [0.3, 0.4) is 0 Å². The van der Waals surface area contributed by atoms with E-state index < -0.39 is 17.6 Å².